The molecule has 5 heteroatoms. The molecule has 0 aliphatic carbocycles. The molecule has 2 aromatic rings. The second-order valence-corrected chi connectivity index (χ2v) is 7.97. The number of rotatable bonds is 7. The number of halogens is 4. The zero-order chi connectivity index (χ0) is 20.9. The molecule has 152 valence electrons. The van der Waals surface area contributed by atoms with Crippen LogP contribution in [0.15, 0.2) is 46.9 Å². The summed E-state index contributed by atoms with van der Waals surface area (Å²) in [6.07, 6.45) is -1.53. The van der Waals surface area contributed by atoms with Crippen molar-refractivity contribution in [3.8, 4) is 0 Å². The zero-order valence-electron chi connectivity index (χ0n) is 16.8. The molecule has 0 aliphatic rings. The lowest BCUT2D eigenvalue weighted by atomic mass is 9.94. The third-order valence-electron chi connectivity index (χ3n) is 4.80. The van der Waals surface area contributed by atoms with E-state index in [4.69, 9.17) is 0 Å². The minimum Gasteiger partial charge on any atom is -0.300 e. The molecule has 1 unspecified atom stereocenters. The fraction of sp³-hybridized carbons (Fsp3) is 0.391. The molecular formula is C23H27BrF3N. The number of hydrogen-bond donors (Lipinski definition) is 0. The molecule has 0 bridgehead atoms. The predicted molar refractivity (Wildman–Crippen MR) is 115 cm³/mol. The smallest absolute Gasteiger partial charge is 0.300 e. The van der Waals surface area contributed by atoms with Crippen molar-refractivity contribution in [3.63, 3.8) is 0 Å². The summed E-state index contributed by atoms with van der Waals surface area (Å²) < 4.78 is 41.9. The molecule has 2 rings (SSSR count). The van der Waals surface area contributed by atoms with Gasteiger partial charge >= 0.3 is 6.18 Å². The van der Waals surface area contributed by atoms with Gasteiger partial charge in [0.05, 0.1) is 5.92 Å². The Morgan fingerprint density at radius 1 is 1.00 bits per heavy atom. The molecule has 0 aromatic heterocycles. The molecule has 0 fully saturated rings. The highest BCUT2D eigenvalue weighted by Crippen LogP contribution is 2.37. The molecule has 1 atom stereocenters. The summed E-state index contributed by atoms with van der Waals surface area (Å²) in [6.45, 7) is 10.6. The highest BCUT2D eigenvalue weighted by atomic mass is 79.9. The Bertz CT molecular complexity index is 803. The van der Waals surface area contributed by atoms with Crippen molar-refractivity contribution in [2.45, 2.75) is 46.3 Å². The molecule has 2 aromatic carbocycles. The maximum Gasteiger partial charge on any atom is 0.399 e. The summed E-state index contributed by atoms with van der Waals surface area (Å²) in [5.41, 5.74) is 3.82. The van der Waals surface area contributed by atoms with Crippen LogP contribution in [0.4, 0.5) is 13.2 Å². The van der Waals surface area contributed by atoms with Gasteiger partial charge in [0.2, 0.25) is 0 Å². The molecule has 0 spiro atoms. The van der Waals surface area contributed by atoms with Gasteiger partial charge in [0.1, 0.15) is 0 Å². The molecule has 0 saturated carbocycles. The minimum atomic E-state index is -4.34. The summed E-state index contributed by atoms with van der Waals surface area (Å²) in [4.78, 5) is 2.29. The Hall–Kier alpha value is -1.59. The van der Waals surface area contributed by atoms with E-state index in [1.165, 1.54) is 6.08 Å². The summed E-state index contributed by atoms with van der Waals surface area (Å²) in [5.74, 6) is -1.62. The lowest BCUT2D eigenvalue weighted by Gasteiger charge is -2.19. The first-order valence-electron chi connectivity index (χ1n) is 9.48. The Balaban J connectivity index is 2.28. The van der Waals surface area contributed by atoms with Gasteiger partial charge in [-0.1, -0.05) is 83.4 Å². The van der Waals surface area contributed by atoms with Crippen LogP contribution in [0.2, 0.25) is 0 Å². The molecule has 0 radical (unpaired) electrons. The van der Waals surface area contributed by atoms with E-state index in [2.05, 4.69) is 34.7 Å². The lowest BCUT2D eigenvalue weighted by molar-refractivity contribution is -0.139. The largest absolute Gasteiger partial charge is 0.399 e. The van der Waals surface area contributed by atoms with Crippen LogP contribution in [0, 0.1) is 13.8 Å². The number of aryl methyl sites for hydroxylation is 2. The van der Waals surface area contributed by atoms with Crippen LogP contribution in [0.5, 0.6) is 0 Å². The van der Waals surface area contributed by atoms with Crippen molar-refractivity contribution in [2.75, 3.05) is 13.1 Å². The maximum atomic E-state index is 13.7. The third kappa shape index (κ3) is 6.21. The van der Waals surface area contributed by atoms with Crippen LogP contribution in [0.25, 0.3) is 6.08 Å². The van der Waals surface area contributed by atoms with E-state index in [0.29, 0.717) is 0 Å². The van der Waals surface area contributed by atoms with E-state index in [1.807, 2.05) is 38.1 Å². The van der Waals surface area contributed by atoms with Crippen molar-refractivity contribution in [1.29, 1.82) is 0 Å². The van der Waals surface area contributed by atoms with Crippen LogP contribution in [-0.4, -0.2) is 24.2 Å². The number of nitrogens with zero attached hydrogens (tertiary/aromatic N) is 1. The Morgan fingerprint density at radius 2 is 1.61 bits per heavy atom. The Morgan fingerprint density at radius 3 is 2.11 bits per heavy atom. The molecule has 1 nitrogen and oxygen atoms in total. The quantitative estimate of drug-likeness (QED) is 0.425. The monoisotopic (exact) mass is 453 g/mol. The van der Waals surface area contributed by atoms with Gasteiger partial charge in [0.25, 0.3) is 0 Å². The van der Waals surface area contributed by atoms with E-state index in [1.54, 1.807) is 18.2 Å². The summed E-state index contributed by atoms with van der Waals surface area (Å²) in [6, 6.07) is 10.8. The Kier molecular flexibility index (Phi) is 7.90. The van der Waals surface area contributed by atoms with Crippen LogP contribution in [0.1, 0.15) is 47.6 Å². The van der Waals surface area contributed by atoms with Gasteiger partial charge in [0.15, 0.2) is 0 Å². The van der Waals surface area contributed by atoms with E-state index in [0.717, 1.165) is 46.4 Å². The first-order valence-corrected chi connectivity index (χ1v) is 10.3. The van der Waals surface area contributed by atoms with Crippen LogP contribution >= 0.6 is 15.9 Å². The Labute approximate surface area is 174 Å². The van der Waals surface area contributed by atoms with E-state index < -0.39 is 12.1 Å². The fourth-order valence-corrected chi connectivity index (χ4v) is 3.81. The number of allylic oxidation sites excluding steroid dienone is 1. The topological polar surface area (TPSA) is 3.24 Å². The summed E-state index contributed by atoms with van der Waals surface area (Å²) in [7, 11) is 0. The summed E-state index contributed by atoms with van der Waals surface area (Å²) >= 11 is 3.56. The normalized spacial score (nSPS) is 13.5. The molecule has 0 N–H and O–H groups in total. The van der Waals surface area contributed by atoms with Crippen molar-refractivity contribution in [3.05, 3.63) is 74.8 Å². The molecule has 0 saturated heterocycles. The predicted octanol–water partition coefficient (Wildman–Crippen LogP) is 7.27. The SMILES string of the molecule is CCN(CC)Cc1ccc(/C=C/C(c2cc(C)cc(C)c2)C(F)(F)F)cc1Br. The van der Waals surface area contributed by atoms with Crippen molar-refractivity contribution in [2.24, 2.45) is 0 Å². The molecule has 28 heavy (non-hydrogen) atoms. The molecule has 0 aliphatic heterocycles. The van der Waals surface area contributed by atoms with Gasteiger partial charge in [-0.2, -0.15) is 13.2 Å². The highest BCUT2D eigenvalue weighted by Gasteiger charge is 2.39. The van der Waals surface area contributed by atoms with E-state index >= 15 is 0 Å². The minimum absolute atomic E-state index is 0.276. The number of hydrogen-bond acceptors (Lipinski definition) is 1. The van der Waals surface area contributed by atoms with E-state index in [-0.39, 0.29) is 5.56 Å². The maximum absolute atomic E-state index is 13.7. The van der Waals surface area contributed by atoms with E-state index in [9.17, 15) is 13.2 Å². The highest BCUT2D eigenvalue weighted by molar-refractivity contribution is 9.10. The van der Waals surface area contributed by atoms with Crippen LogP contribution in [0.3, 0.4) is 0 Å². The number of alkyl halides is 3. The van der Waals surface area contributed by atoms with Gasteiger partial charge < -0.3 is 0 Å². The molecule has 0 heterocycles. The third-order valence-corrected chi connectivity index (χ3v) is 5.54. The second-order valence-electron chi connectivity index (χ2n) is 7.11. The van der Waals surface area contributed by atoms with Gasteiger partial charge in [-0.15, -0.1) is 0 Å². The zero-order valence-corrected chi connectivity index (χ0v) is 18.4. The van der Waals surface area contributed by atoms with Crippen molar-refractivity contribution < 1.29 is 13.2 Å². The van der Waals surface area contributed by atoms with Gasteiger partial charge in [-0.05, 0) is 49.7 Å². The first-order chi connectivity index (χ1) is 13.1. The summed E-state index contributed by atoms with van der Waals surface area (Å²) in [5, 5.41) is 0. The molecular weight excluding hydrogens is 427 g/mol. The average Bonchev–Trinajstić information content (AvgIpc) is 2.59. The number of benzene rings is 2. The molecule has 0 amide bonds. The van der Waals surface area contributed by atoms with Crippen LogP contribution in [-0.2, 0) is 6.54 Å². The first kappa shape index (κ1) is 22.7. The van der Waals surface area contributed by atoms with Crippen molar-refractivity contribution >= 4 is 22.0 Å². The lowest BCUT2D eigenvalue weighted by Crippen LogP contribution is -2.22. The second kappa shape index (κ2) is 9.75. The van der Waals surface area contributed by atoms with Crippen LogP contribution < -0.4 is 0 Å². The van der Waals surface area contributed by atoms with Gasteiger partial charge in [-0.3, -0.25) is 4.90 Å². The fourth-order valence-electron chi connectivity index (χ4n) is 3.29. The van der Waals surface area contributed by atoms with Gasteiger partial charge in [-0.25, -0.2) is 0 Å². The standard InChI is InChI=1S/C23H27BrF3N/c1-5-28(6-2)15-19-9-7-18(14-22(19)24)8-10-21(23(25,26)27)20-12-16(3)11-17(4)13-20/h7-14,21H,5-6,15H2,1-4H3/b10-8+. The van der Waals surface area contributed by atoms with Crippen molar-refractivity contribution in [1.82, 2.24) is 4.90 Å². The average molecular weight is 454 g/mol. The van der Waals surface area contributed by atoms with Gasteiger partial charge in [0, 0.05) is 11.0 Å².